The molecule has 0 spiro atoms. The van der Waals surface area contributed by atoms with Crippen molar-refractivity contribution < 1.29 is 4.39 Å². The second kappa shape index (κ2) is 5.50. The first-order chi connectivity index (χ1) is 10.2. The van der Waals surface area contributed by atoms with Crippen molar-refractivity contribution in [1.82, 2.24) is 4.57 Å². The standard InChI is InChI=1S/C17H15FN2O/c18-16-13(10-19)5-3-6-14(16)11-20-9-8-12-4-1-2-7-15(12)17(20)21/h1-9H,10-11,19H2. The number of rotatable bonds is 3. The summed E-state index contributed by atoms with van der Waals surface area (Å²) in [5.41, 5.74) is 6.32. The number of nitrogens with zero attached hydrogens (tertiary/aromatic N) is 1. The minimum Gasteiger partial charge on any atom is -0.326 e. The summed E-state index contributed by atoms with van der Waals surface area (Å²) in [6.45, 7) is 0.343. The minimum atomic E-state index is -0.333. The first-order valence-electron chi connectivity index (χ1n) is 6.75. The van der Waals surface area contributed by atoms with E-state index in [0.29, 0.717) is 16.5 Å². The van der Waals surface area contributed by atoms with Crippen molar-refractivity contribution in [1.29, 1.82) is 0 Å². The highest BCUT2D eigenvalue weighted by Gasteiger charge is 2.09. The van der Waals surface area contributed by atoms with Crippen LogP contribution in [0.2, 0.25) is 0 Å². The molecule has 0 fully saturated rings. The lowest BCUT2D eigenvalue weighted by molar-refractivity contribution is 0.582. The number of hydrogen-bond donors (Lipinski definition) is 1. The van der Waals surface area contributed by atoms with Crippen molar-refractivity contribution in [2.45, 2.75) is 13.1 Å². The van der Waals surface area contributed by atoms with Gasteiger partial charge in [-0.2, -0.15) is 0 Å². The molecule has 3 aromatic rings. The zero-order valence-corrected chi connectivity index (χ0v) is 11.4. The summed E-state index contributed by atoms with van der Waals surface area (Å²) >= 11 is 0. The molecule has 0 radical (unpaired) electrons. The molecule has 0 aliphatic rings. The van der Waals surface area contributed by atoms with Gasteiger partial charge in [0, 0.05) is 29.3 Å². The van der Waals surface area contributed by atoms with Gasteiger partial charge in [0.1, 0.15) is 5.82 Å². The number of pyridine rings is 1. The Bertz CT molecular complexity index is 855. The molecule has 0 atom stereocenters. The second-order valence-corrected chi connectivity index (χ2v) is 4.93. The molecule has 2 N–H and O–H groups in total. The summed E-state index contributed by atoms with van der Waals surface area (Å²) in [6.07, 6.45) is 1.69. The molecule has 0 saturated heterocycles. The monoisotopic (exact) mass is 282 g/mol. The van der Waals surface area contributed by atoms with Crippen LogP contribution >= 0.6 is 0 Å². The van der Waals surface area contributed by atoms with Gasteiger partial charge in [0.15, 0.2) is 0 Å². The van der Waals surface area contributed by atoms with Crippen LogP contribution in [-0.2, 0) is 13.1 Å². The normalized spacial score (nSPS) is 11.0. The summed E-state index contributed by atoms with van der Waals surface area (Å²) in [4.78, 5) is 12.4. The van der Waals surface area contributed by atoms with Crippen LogP contribution in [0.5, 0.6) is 0 Å². The van der Waals surface area contributed by atoms with E-state index in [4.69, 9.17) is 5.73 Å². The molecule has 21 heavy (non-hydrogen) atoms. The van der Waals surface area contributed by atoms with Gasteiger partial charge in [0.25, 0.3) is 5.56 Å². The van der Waals surface area contributed by atoms with E-state index in [1.54, 1.807) is 30.5 Å². The molecule has 1 aromatic heterocycles. The molecule has 106 valence electrons. The number of hydrogen-bond acceptors (Lipinski definition) is 2. The Morgan fingerprint density at radius 3 is 2.57 bits per heavy atom. The van der Waals surface area contributed by atoms with Crippen LogP contribution in [0.3, 0.4) is 0 Å². The molecule has 3 rings (SSSR count). The molecule has 2 aromatic carbocycles. The van der Waals surface area contributed by atoms with Gasteiger partial charge in [-0.25, -0.2) is 4.39 Å². The van der Waals surface area contributed by atoms with Crippen LogP contribution in [0.15, 0.2) is 59.5 Å². The van der Waals surface area contributed by atoms with Gasteiger partial charge < -0.3 is 10.3 Å². The lowest BCUT2D eigenvalue weighted by atomic mass is 10.1. The highest BCUT2D eigenvalue weighted by Crippen LogP contribution is 2.14. The molecule has 0 amide bonds. The maximum absolute atomic E-state index is 14.2. The Hall–Kier alpha value is -2.46. The summed E-state index contributed by atoms with van der Waals surface area (Å²) in [5, 5.41) is 1.52. The molecular formula is C17H15FN2O. The smallest absolute Gasteiger partial charge is 0.258 e. The first-order valence-corrected chi connectivity index (χ1v) is 6.75. The summed E-state index contributed by atoms with van der Waals surface area (Å²) in [5.74, 6) is -0.333. The molecule has 0 saturated carbocycles. The van der Waals surface area contributed by atoms with Crippen LogP contribution in [0.1, 0.15) is 11.1 Å². The van der Waals surface area contributed by atoms with E-state index in [1.807, 2.05) is 24.3 Å². The molecule has 0 unspecified atom stereocenters. The zero-order valence-electron chi connectivity index (χ0n) is 11.4. The topological polar surface area (TPSA) is 48.0 Å². The Morgan fingerprint density at radius 1 is 1.00 bits per heavy atom. The van der Waals surface area contributed by atoms with E-state index in [1.165, 1.54) is 4.57 Å². The Kier molecular flexibility index (Phi) is 3.54. The Balaban J connectivity index is 2.07. The van der Waals surface area contributed by atoms with Crippen molar-refractivity contribution in [3.8, 4) is 0 Å². The van der Waals surface area contributed by atoms with Crippen molar-refractivity contribution >= 4 is 10.8 Å². The quantitative estimate of drug-likeness (QED) is 0.803. The van der Waals surface area contributed by atoms with E-state index in [0.717, 1.165) is 5.39 Å². The highest BCUT2D eigenvalue weighted by molar-refractivity contribution is 5.81. The Labute approximate surface area is 121 Å². The van der Waals surface area contributed by atoms with Crippen LogP contribution < -0.4 is 11.3 Å². The zero-order chi connectivity index (χ0) is 14.8. The number of aromatic nitrogens is 1. The number of fused-ring (bicyclic) bond motifs is 1. The predicted molar refractivity (Wildman–Crippen MR) is 81.6 cm³/mol. The largest absolute Gasteiger partial charge is 0.326 e. The van der Waals surface area contributed by atoms with Crippen molar-refractivity contribution in [2.75, 3.05) is 0 Å². The molecule has 0 aliphatic heterocycles. The number of halogens is 1. The van der Waals surface area contributed by atoms with Crippen molar-refractivity contribution in [3.63, 3.8) is 0 Å². The molecule has 0 bridgehead atoms. The van der Waals surface area contributed by atoms with Gasteiger partial charge in [-0.1, -0.05) is 36.4 Å². The average molecular weight is 282 g/mol. The fourth-order valence-electron chi connectivity index (χ4n) is 2.45. The molecule has 4 heteroatoms. The van der Waals surface area contributed by atoms with Crippen molar-refractivity contribution in [3.05, 3.63) is 82.0 Å². The number of nitrogens with two attached hydrogens (primary N) is 1. The lowest BCUT2D eigenvalue weighted by Gasteiger charge is -2.10. The second-order valence-electron chi connectivity index (χ2n) is 4.93. The predicted octanol–water partition coefficient (Wildman–Crippen LogP) is 2.65. The van der Waals surface area contributed by atoms with E-state index in [2.05, 4.69) is 0 Å². The van der Waals surface area contributed by atoms with Crippen LogP contribution in [0, 0.1) is 5.82 Å². The van der Waals surface area contributed by atoms with E-state index < -0.39 is 0 Å². The summed E-state index contributed by atoms with van der Waals surface area (Å²) < 4.78 is 15.7. The molecule has 0 aliphatic carbocycles. The van der Waals surface area contributed by atoms with Gasteiger partial charge in [-0.05, 0) is 17.5 Å². The minimum absolute atomic E-state index is 0.120. The van der Waals surface area contributed by atoms with E-state index >= 15 is 0 Å². The number of benzene rings is 2. The highest BCUT2D eigenvalue weighted by atomic mass is 19.1. The van der Waals surface area contributed by atoms with Gasteiger partial charge in [-0.15, -0.1) is 0 Å². The van der Waals surface area contributed by atoms with Crippen molar-refractivity contribution in [2.24, 2.45) is 5.73 Å². The maximum Gasteiger partial charge on any atom is 0.258 e. The lowest BCUT2D eigenvalue weighted by Crippen LogP contribution is -2.20. The van der Waals surface area contributed by atoms with Crippen LogP contribution in [0.4, 0.5) is 4.39 Å². The molecule has 3 nitrogen and oxygen atoms in total. The third-order valence-corrected chi connectivity index (χ3v) is 3.61. The summed E-state index contributed by atoms with van der Waals surface area (Å²) in [7, 11) is 0. The average Bonchev–Trinajstić information content (AvgIpc) is 2.52. The van der Waals surface area contributed by atoms with E-state index in [-0.39, 0.29) is 24.5 Å². The SMILES string of the molecule is NCc1cccc(Cn2ccc3ccccc3c2=O)c1F. The molecular weight excluding hydrogens is 267 g/mol. The third kappa shape index (κ3) is 2.45. The van der Waals surface area contributed by atoms with Crippen LogP contribution in [-0.4, -0.2) is 4.57 Å². The van der Waals surface area contributed by atoms with Gasteiger partial charge in [-0.3, -0.25) is 4.79 Å². The first kappa shape index (κ1) is 13.5. The maximum atomic E-state index is 14.2. The Morgan fingerprint density at radius 2 is 1.76 bits per heavy atom. The van der Waals surface area contributed by atoms with Gasteiger partial charge in [0.2, 0.25) is 0 Å². The fraction of sp³-hybridized carbons (Fsp3) is 0.118. The van der Waals surface area contributed by atoms with Gasteiger partial charge in [0.05, 0.1) is 6.54 Å². The third-order valence-electron chi connectivity index (χ3n) is 3.61. The van der Waals surface area contributed by atoms with Crippen LogP contribution in [0.25, 0.3) is 10.8 Å². The van der Waals surface area contributed by atoms with Gasteiger partial charge >= 0.3 is 0 Å². The molecule has 1 heterocycles. The fourth-order valence-corrected chi connectivity index (χ4v) is 2.45. The van der Waals surface area contributed by atoms with E-state index in [9.17, 15) is 9.18 Å². The summed E-state index contributed by atoms with van der Waals surface area (Å²) in [6, 6.07) is 14.3.